The molecule has 17 heteroatoms. The van der Waals surface area contributed by atoms with Crippen LogP contribution in [-0.4, -0.2) is 6.15 Å². The standard InChI is InChI=1S/C33H16BF15N/c35-19-16(20(36)26(42)31(47)25(19)41)34(17-21(37)27(43)32(48)28(44)22(17)38,18-23(39)29(45)33(49)30(46)24(18)40)12-11-15(13-7-3-1-4-8-13)50-14-9-5-2-6-10-14/h1-10,15,50H,11-12H2/q-1. The maximum Gasteiger partial charge on any atom is 0.200 e. The minimum absolute atomic E-state index is 0.147. The lowest BCUT2D eigenvalue weighted by molar-refractivity contribution is 0.379. The van der Waals surface area contributed by atoms with E-state index in [1.807, 2.05) is 0 Å². The Morgan fingerprint density at radius 3 is 0.980 bits per heavy atom. The van der Waals surface area contributed by atoms with Crippen molar-refractivity contribution in [1.82, 2.24) is 0 Å². The number of anilines is 1. The van der Waals surface area contributed by atoms with Gasteiger partial charge in [-0.25, -0.2) is 65.9 Å². The topological polar surface area (TPSA) is 12.0 Å². The van der Waals surface area contributed by atoms with Crippen molar-refractivity contribution in [3.05, 3.63) is 153 Å². The number of nitrogens with one attached hydrogen (secondary N) is 1. The maximum atomic E-state index is 15.8. The van der Waals surface area contributed by atoms with Gasteiger partial charge in [0.25, 0.3) is 0 Å². The smallest absolute Gasteiger partial charge is 0.200 e. The van der Waals surface area contributed by atoms with Crippen molar-refractivity contribution in [3.8, 4) is 0 Å². The van der Waals surface area contributed by atoms with Crippen LogP contribution in [0.1, 0.15) is 18.0 Å². The SMILES string of the molecule is Fc1c(F)c(F)c([B-](CCC(Nc2ccccc2)c2ccccc2)(c2c(F)c(F)c(F)c(F)c2F)c2c(F)c(F)c(F)c(F)c2F)c(F)c1F. The van der Waals surface area contributed by atoms with Gasteiger partial charge in [0.15, 0.2) is 52.4 Å². The summed E-state index contributed by atoms with van der Waals surface area (Å²) in [6, 6.07) is 13.0. The molecular formula is C33H16BF15N-. The Hall–Kier alpha value is -5.09. The third-order valence-electron chi connectivity index (χ3n) is 8.41. The van der Waals surface area contributed by atoms with Crippen molar-refractivity contribution in [2.24, 2.45) is 0 Å². The largest absolute Gasteiger partial charge is 0.378 e. The minimum atomic E-state index is -5.67. The number of rotatable bonds is 9. The fraction of sp³-hybridized carbons (Fsp3) is 0.0909. The van der Waals surface area contributed by atoms with E-state index in [0.29, 0.717) is 0 Å². The minimum Gasteiger partial charge on any atom is -0.378 e. The molecule has 50 heavy (non-hydrogen) atoms. The highest BCUT2D eigenvalue weighted by molar-refractivity contribution is 7.11. The molecule has 0 saturated heterocycles. The van der Waals surface area contributed by atoms with Crippen LogP contribution in [0.15, 0.2) is 60.7 Å². The van der Waals surface area contributed by atoms with Crippen LogP contribution in [0.2, 0.25) is 6.32 Å². The molecular weight excluding hydrogens is 706 g/mol. The summed E-state index contributed by atoms with van der Waals surface area (Å²) < 4.78 is 227. The van der Waals surface area contributed by atoms with Gasteiger partial charge in [-0.05, 0) is 17.7 Å². The highest BCUT2D eigenvalue weighted by Gasteiger charge is 2.48. The molecule has 262 valence electrons. The fourth-order valence-electron chi connectivity index (χ4n) is 6.19. The van der Waals surface area contributed by atoms with Crippen molar-refractivity contribution < 1.29 is 65.9 Å². The first-order valence-electron chi connectivity index (χ1n) is 14.2. The number of benzene rings is 5. The second-order valence-corrected chi connectivity index (χ2v) is 11.0. The Bertz CT molecular complexity index is 1850. The van der Waals surface area contributed by atoms with Crippen molar-refractivity contribution in [2.45, 2.75) is 18.8 Å². The van der Waals surface area contributed by atoms with Crippen molar-refractivity contribution in [3.63, 3.8) is 0 Å². The summed E-state index contributed by atoms with van der Waals surface area (Å²) in [5.74, 6) is -45.3. The van der Waals surface area contributed by atoms with E-state index in [4.69, 9.17) is 0 Å². The molecule has 1 nitrogen and oxygen atoms in total. The summed E-state index contributed by atoms with van der Waals surface area (Å²) in [5.41, 5.74) is -7.52. The molecule has 0 aliphatic heterocycles. The molecule has 0 saturated carbocycles. The lowest BCUT2D eigenvalue weighted by atomic mass is 9.13. The fourth-order valence-corrected chi connectivity index (χ4v) is 6.19. The van der Waals surface area contributed by atoms with Gasteiger partial charge in [-0.2, -0.15) is 6.32 Å². The molecule has 0 bridgehead atoms. The third kappa shape index (κ3) is 5.71. The van der Waals surface area contributed by atoms with Crippen molar-refractivity contribution >= 4 is 28.2 Å². The van der Waals surface area contributed by atoms with Crippen LogP contribution in [0.25, 0.3) is 0 Å². The van der Waals surface area contributed by atoms with Gasteiger partial charge in [0.05, 0.1) is 0 Å². The van der Waals surface area contributed by atoms with Crippen molar-refractivity contribution in [1.29, 1.82) is 0 Å². The molecule has 0 radical (unpaired) electrons. The van der Waals surface area contributed by atoms with E-state index in [1.165, 1.54) is 54.6 Å². The van der Waals surface area contributed by atoms with E-state index in [0.717, 1.165) is 0 Å². The highest BCUT2D eigenvalue weighted by atomic mass is 19.2. The predicted molar refractivity (Wildman–Crippen MR) is 152 cm³/mol. The molecule has 0 amide bonds. The predicted octanol–water partition coefficient (Wildman–Crippen LogP) is 8.49. The normalized spacial score (nSPS) is 12.4. The zero-order valence-electron chi connectivity index (χ0n) is 24.5. The van der Waals surface area contributed by atoms with Gasteiger partial charge in [0.1, 0.15) is 41.0 Å². The van der Waals surface area contributed by atoms with E-state index >= 15 is 26.3 Å². The first-order valence-corrected chi connectivity index (χ1v) is 14.2. The van der Waals surface area contributed by atoms with E-state index < -0.39 is 129 Å². The Morgan fingerprint density at radius 2 is 0.660 bits per heavy atom. The summed E-state index contributed by atoms with van der Waals surface area (Å²) in [4.78, 5) is 0. The molecule has 0 aliphatic carbocycles. The van der Waals surface area contributed by atoms with Gasteiger partial charge < -0.3 is 5.32 Å². The van der Waals surface area contributed by atoms with Crippen LogP contribution in [-0.2, 0) is 0 Å². The molecule has 1 atom stereocenters. The molecule has 1 unspecified atom stereocenters. The van der Waals surface area contributed by atoms with Gasteiger partial charge >= 0.3 is 0 Å². The molecule has 5 aromatic rings. The summed E-state index contributed by atoms with van der Waals surface area (Å²) in [6.07, 6.45) is -8.48. The number of halogens is 15. The van der Waals surface area contributed by atoms with E-state index in [9.17, 15) is 39.5 Å². The Balaban J connectivity index is 2.00. The van der Waals surface area contributed by atoms with E-state index in [1.54, 1.807) is 6.07 Å². The molecule has 0 aliphatic rings. The van der Waals surface area contributed by atoms with E-state index in [2.05, 4.69) is 5.32 Å². The Morgan fingerprint density at radius 1 is 0.380 bits per heavy atom. The quantitative estimate of drug-likeness (QED) is 0.0697. The summed E-state index contributed by atoms with van der Waals surface area (Å²) in [5, 5.41) is 2.83. The second kappa shape index (κ2) is 13.7. The molecule has 5 rings (SSSR count). The molecule has 0 aromatic heterocycles. The van der Waals surface area contributed by atoms with Crippen LogP contribution in [0, 0.1) is 87.3 Å². The van der Waals surface area contributed by atoms with Gasteiger partial charge in [0.2, 0.25) is 0 Å². The van der Waals surface area contributed by atoms with Crippen LogP contribution in [0.4, 0.5) is 71.5 Å². The lowest BCUT2D eigenvalue weighted by Gasteiger charge is -2.44. The van der Waals surface area contributed by atoms with Gasteiger partial charge in [-0.3, -0.25) is 0 Å². The van der Waals surface area contributed by atoms with Crippen LogP contribution < -0.4 is 21.7 Å². The zero-order chi connectivity index (χ0) is 36.8. The number of hydrogen-bond acceptors (Lipinski definition) is 1. The zero-order valence-corrected chi connectivity index (χ0v) is 24.5. The lowest BCUT2D eigenvalue weighted by Crippen LogP contribution is -2.73. The average Bonchev–Trinajstić information content (AvgIpc) is 3.12. The maximum absolute atomic E-state index is 15.8. The highest BCUT2D eigenvalue weighted by Crippen LogP contribution is 2.34. The molecule has 1 N–H and O–H groups in total. The first kappa shape index (κ1) is 36.2. The van der Waals surface area contributed by atoms with E-state index in [-0.39, 0.29) is 11.3 Å². The molecule has 0 fully saturated rings. The molecule has 0 spiro atoms. The summed E-state index contributed by atoms with van der Waals surface area (Å²) in [7, 11) is 0. The average molecular weight is 722 g/mol. The molecule has 0 heterocycles. The van der Waals surface area contributed by atoms with Gasteiger partial charge in [0, 0.05) is 11.7 Å². The third-order valence-corrected chi connectivity index (χ3v) is 8.41. The summed E-state index contributed by atoms with van der Waals surface area (Å²) in [6.45, 7) is 0. The van der Waals surface area contributed by atoms with Gasteiger partial charge in [-0.1, -0.05) is 55.0 Å². The monoisotopic (exact) mass is 722 g/mol. The Kier molecular flexibility index (Phi) is 9.90. The second-order valence-electron chi connectivity index (χ2n) is 11.0. The Labute approximate surface area is 271 Å². The van der Waals surface area contributed by atoms with Crippen molar-refractivity contribution in [2.75, 3.05) is 5.32 Å². The van der Waals surface area contributed by atoms with Crippen LogP contribution in [0.5, 0.6) is 0 Å². The molecule has 5 aromatic carbocycles. The first-order chi connectivity index (χ1) is 23.6. The van der Waals surface area contributed by atoms with Crippen LogP contribution in [0.3, 0.4) is 0 Å². The van der Waals surface area contributed by atoms with Gasteiger partial charge in [-0.15, -0.1) is 16.4 Å². The van der Waals surface area contributed by atoms with Crippen LogP contribution >= 0.6 is 0 Å². The number of hydrogen-bond donors (Lipinski definition) is 1. The number of para-hydroxylation sites is 1. The summed E-state index contributed by atoms with van der Waals surface area (Å²) >= 11 is 0.